The molecule has 0 saturated carbocycles. The Morgan fingerprint density at radius 2 is 2.17 bits per heavy atom. The molecule has 1 heterocycles. The lowest BCUT2D eigenvalue weighted by molar-refractivity contribution is 1.14. The number of nitrogens with zero attached hydrogens (tertiary/aromatic N) is 1. The SMILES string of the molecule is CCc1ccc(-c2[nH]c(N)c(C#N)c2C)c(Cl)c1. The molecule has 0 saturated heterocycles. The van der Waals surface area contributed by atoms with Gasteiger partial charge < -0.3 is 10.7 Å². The molecule has 0 radical (unpaired) electrons. The van der Waals surface area contributed by atoms with Crippen LogP contribution in [-0.2, 0) is 6.42 Å². The fourth-order valence-electron chi connectivity index (χ4n) is 2.01. The zero-order valence-corrected chi connectivity index (χ0v) is 11.1. The fourth-order valence-corrected chi connectivity index (χ4v) is 2.31. The molecule has 4 heteroatoms. The molecule has 92 valence electrons. The standard InChI is InChI=1S/C14H14ClN3/c1-3-9-4-5-10(12(15)6-9)13-8(2)11(7-16)14(17)18-13/h4-6,18H,3,17H2,1-2H3. The van der Waals surface area contributed by atoms with Crippen LogP contribution in [0.5, 0.6) is 0 Å². The molecule has 2 rings (SSSR count). The molecule has 2 aromatic rings. The van der Waals surface area contributed by atoms with Crippen LogP contribution in [0.2, 0.25) is 5.02 Å². The van der Waals surface area contributed by atoms with E-state index in [9.17, 15) is 0 Å². The third-order valence-corrected chi connectivity index (χ3v) is 3.41. The zero-order chi connectivity index (χ0) is 13.3. The number of benzene rings is 1. The largest absolute Gasteiger partial charge is 0.384 e. The van der Waals surface area contributed by atoms with Crippen molar-refractivity contribution in [2.24, 2.45) is 0 Å². The lowest BCUT2D eigenvalue weighted by Crippen LogP contribution is -1.87. The molecule has 0 aliphatic heterocycles. The number of hydrogen-bond donors (Lipinski definition) is 2. The molecule has 0 amide bonds. The van der Waals surface area contributed by atoms with Gasteiger partial charge in [-0.25, -0.2) is 0 Å². The van der Waals surface area contributed by atoms with Gasteiger partial charge in [-0.15, -0.1) is 0 Å². The van der Waals surface area contributed by atoms with E-state index in [0.717, 1.165) is 23.2 Å². The monoisotopic (exact) mass is 259 g/mol. The molecule has 3 nitrogen and oxygen atoms in total. The van der Waals surface area contributed by atoms with Crippen LogP contribution in [0, 0.1) is 18.3 Å². The minimum absolute atomic E-state index is 0.389. The Bertz CT molecular complexity index is 635. The minimum atomic E-state index is 0.389. The highest BCUT2D eigenvalue weighted by Crippen LogP contribution is 2.33. The lowest BCUT2D eigenvalue weighted by atomic mass is 10.0. The van der Waals surface area contributed by atoms with Gasteiger partial charge in [-0.05, 0) is 30.5 Å². The molecule has 18 heavy (non-hydrogen) atoms. The quantitative estimate of drug-likeness (QED) is 0.864. The summed E-state index contributed by atoms with van der Waals surface area (Å²) in [7, 11) is 0. The first-order valence-corrected chi connectivity index (χ1v) is 6.13. The number of rotatable bonds is 2. The fraction of sp³-hybridized carbons (Fsp3) is 0.214. The Morgan fingerprint density at radius 1 is 1.44 bits per heavy atom. The van der Waals surface area contributed by atoms with Gasteiger partial charge in [0.15, 0.2) is 0 Å². The highest BCUT2D eigenvalue weighted by Gasteiger charge is 2.15. The normalized spacial score (nSPS) is 10.3. The smallest absolute Gasteiger partial charge is 0.119 e. The molecule has 0 fully saturated rings. The maximum absolute atomic E-state index is 9.03. The number of nitrogen functional groups attached to an aromatic ring is 1. The van der Waals surface area contributed by atoms with E-state index >= 15 is 0 Å². The van der Waals surface area contributed by atoms with Crippen molar-refractivity contribution in [3.63, 3.8) is 0 Å². The maximum atomic E-state index is 9.03. The van der Waals surface area contributed by atoms with E-state index in [2.05, 4.69) is 18.0 Å². The van der Waals surface area contributed by atoms with Crippen molar-refractivity contribution in [2.45, 2.75) is 20.3 Å². The Morgan fingerprint density at radius 3 is 2.67 bits per heavy atom. The summed E-state index contributed by atoms with van der Waals surface area (Å²) >= 11 is 6.28. The summed E-state index contributed by atoms with van der Waals surface area (Å²) in [5.41, 5.74) is 9.97. The van der Waals surface area contributed by atoms with E-state index in [-0.39, 0.29) is 0 Å². The van der Waals surface area contributed by atoms with Crippen molar-refractivity contribution in [2.75, 3.05) is 5.73 Å². The van der Waals surface area contributed by atoms with Gasteiger partial charge in [0.05, 0.1) is 16.3 Å². The van der Waals surface area contributed by atoms with Crippen LogP contribution in [0.3, 0.4) is 0 Å². The molecule has 1 aromatic carbocycles. The number of aromatic nitrogens is 1. The molecular weight excluding hydrogens is 246 g/mol. The van der Waals surface area contributed by atoms with Crippen molar-refractivity contribution < 1.29 is 0 Å². The molecule has 0 aliphatic carbocycles. The highest BCUT2D eigenvalue weighted by atomic mass is 35.5. The zero-order valence-electron chi connectivity index (χ0n) is 10.3. The van der Waals surface area contributed by atoms with E-state index in [1.165, 1.54) is 5.56 Å². The molecule has 1 aromatic heterocycles. The van der Waals surface area contributed by atoms with Crippen LogP contribution >= 0.6 is 11.6 Å². The second-order valence-corrected chi connectivity index (χ2v) is 4.60. The number of H-pyrrole nitrogens is 1. The predicted octanol–water partition coefficient (Wildman–Crippen LogP) is 3.66. The van der Waals surface area contributed by atoms with E-state index in [1.54, 1.807) is 0 Å². The van der Waals surface area contributed by atoms with Crippen LogP contribution in [0.25, 0.3) is 11.3 Å². The van der Waals surface area contributed by atoms with Crippen LogP contribution < -0.4 is 5.73 Å². The Labute approximate surface area is 111 Å². The average Bonchev–Trinajstić information content (AvgIpc) is 2.64. The van der Waals surface area contributed by atoms with Gasteiger partial charge in [-0.2, -0.15) is 5.26 Å². The topological polar surface area (TPSA) is 65.6 Å². The van der Waals surface area contributed by atoms with Crippen molar-refractivity contribution in [3.8, 4) is 17.3 Å². The van der Waals surface area contributed by atoms with Crippen LogP contribution in [0.1, 0.15) is 23.6 Å². The van der Waals surface area contributed by atoms with Crippen LogP contribution in [-0.4, -0.2) is 4.98 Å². The molecular formula is C14H14ClN3. The molecule has 0 aliphatic rings. The minimum Gasteiger partial charge on any atom is -0.384 e. The number of aromatic amines is 1. The molecule has 3 N–H and O–H groups in total. The number of nitriles is 1. The number of anilines is 1. The van der Waals surface area contributed by atoms with Gasteiger partial charge >= 0.3 is 0 Å². The number of nitrogens with one attached hydrogen (secondary N) is 1. The third kappa shape index (κ3) is 1.96. The Kier molecular flexibility index (Phi) is 3.31. The summed E-state index contributed by atoms with van der Waals surface area (Å²) in [4.78, 5) is 3.03. The van der Waals surface area contributed by atoms with E-state index in [0.29, 0.717) is 16.4 Å². The molecule has 0 unspecified atom stereocenters. The van der Waals surface area contributed by atoms with E-state index < -0.39 is 0 Å². The van der Waals surface area contributed by atoms with Gasteiger partial charge in [0.1, 0.15) is 11.9 Å². The molecule has 0 spiro atoms. The summed E-state index contributed by atoms with van der Waals surface area (Å²) in [5.74, 6) is 0.389. The van der Waals surface area contributed by atoms with Crippen LogP contribution in [0.4, 0.5) is 5.82 Å². The van der Waals surface area contributed by atoms with E-state index in [4.69, 9.17) is 22.6 Å². The first-order valence-electron chi connectivity index (χ1n) is 5.75. The molecule has 0 bridgehead atoms. The van der Waals surface area contributed by atoms with E-state index in [1.807, 2.05) is 25.1 Å². The first kappa shape index (κ1) is 12.5. The molecule has 0 atom stereocenters. The maximum Gasteiger partial charge on any atom is 0.119 e. The summed E-state index contributed by atoms with van der Waals surface area (Å²) in [5, 5.41) is 9.70. The number of aryl methyl sites for hydroxylation is 1. The third-order valence-electron chi connectivity index (χ3n) is 3.10. The number of hydrogen-bond acceptors (Lipinski definition) is 2. The van der Waals surface area contributed by atoms with Gasteiger partial charge in [-0.3, -0.25) is 0 Å². The van der Waals surface area contributed by atoms with Crippen molar-refractivity contribution in [1.82, 2.24) is 4.98 Å². The van der Waals surface area contributed by atoms with Gasteiger partial charge in [0, 0.05) is 5.56 Å². The summed E-state index contributed by atoms with van der Waals surface area (Å²) < 4.78 is 0. The first-order chi connectivity index (χ1) is 8.58. The summed E-state index contributed by atoms with van der Waals surface area (Å²) in [6.45, 7) is 3.95. The predicted molar refractivity (Wildman–Crippen MR) is 74.5 cm³/mol. The number of nitrogens with two attached hydrogens (primary N) is 1. The summed E-state index contributed by atoms with van der Waals surface area (Å²) in [6.07, 6.45) is 0.940. The average molecular weight is 260 g/mol. The second kappa shape index (κ2) is 4.75. The highest BCUT2D eigenvalue weighted by molar-refractivity contribution is 6.33. The Hall–Kier alpha value is -1.92. The van der Waals surface area contributed by atoms with Crippen molar-refractivity contribution >= 4 is 17.4 Å². The Balaban J connectivity index is 2.60. The van der Waals surface area contributed by atoms with Gasteiger partial charge in [0.25, 0.3) is 0 Å². The second-order valence-electron chi connectivity index (χ2n) is 4.19. The van der Waals surface area contributed by atoms with Crippen molar-refractivity contribution in [1.29, 1.82) is 5.26 Å². The van der Waals surface area contributed by atoms with Crippen molar-refractivity contribution in [3.05, 3.63) is 39.9 Å². The number of halogens is 1. The van der Waals surface area contributed by atoms with Crippen LogP contribution in [0.15, 0.2) is 18.2 Å². The summed E-state index contributed by atoms with van der Waals surface area (Å²) in [6, 6.07) is 8.03. The van der Waals surface area contributed by atoms with Gasteiger partial charge in [0.2, 0.25) is 0 Å². The lowest BCUT2D eigenvalue weighted by Gasteiger charge is -2.06. The van der Waals surface area contributed by atoms with Gasteiger partial charge in [-0.1, -0.05) is 30.7 Å².